The summed E-state index contributed by atoms with van der Waals surface area (Å²) < 4.78 is 23.9. The summed E-state index contributed by atoms with van der Waals surface area (Å²) in [6.45, 7) is 9.97. The number of hydrogen-bond donors (Lipinski definition) is 3. The molecule has 0 aromatic heterocycles. The Morgan fingerprint density at radius 1 is 1.17 bits per heavy atom. The summed E-state index contributed by atoms with van der Waals surface area (Å²) in [7, 11) is 1.54. The molecule has 1 aromatic rings. The Bertz CT molecular complexity index is 651. The zero-order chi connectivity index (χ0) is 21.0. The van der Waals surface area contributed by atoms with Crippen LogP contribution in [-0.2, 0) is 22.6 Å². The number of aliphatic imine (C=N–C) groups is 1. The molecule has 1 rings (SSSR count). The van der Waals surface area contributed by atoms with E-state index in [9.17, 15) is 9.18 Å². The Morgan fingerprint density at radius 2 is 1.86 bits per heavy atom. The third kappa shape index (κ3) is 12.5. The van der Waals surface area contributed by atoms with Gasteiger partial charge in [0.15, 0.2) is 5.96 Å². The fourth-order valence-corrected chi connectivity index (χ4v) is 2.30. The molecule has 29 heavy (non-hydrogen) atoms. The molecule has 0 fully saturated rings. The number of carbonyl (C=O) groups excluding carboxylic acids is 1. The van der Waals surface area contributed by atoms with Crippen LogP contribution >= 0.6 is 24.0 Å². The van der Waals surface area contributed by atoms with Gasteiger partial charge in [-0.3, -0.25) is 0 Å². The zero-order valence-electron chi connectivity index (χ0n) is 17.9. The molecular formula is C20H34FIN4O3. The monoisotopic (exact) mass is 524 g/mol. The molecule has 0 bridgehead atoms. The third-order valence-corrected chi connectivity index (χ3v) is 3.49. The summed E-state index contributed by atoms with van der Waals surface area (Å²) in [5.74, 6) is 0.384. The number of nitrogens with one attached hydrogen (secondary N) is 3. The minimum atomic E-state index is -0.503. The maximum atomic E-state index is 13.7. The third-order valence-electron chi connectivity index (χ3n) is 3.49. The zero-order valence-corrected chi connectivity index (χ0v) is 20.3. The molecule has 0 heterocycles. The summed E-state index contributed by atoms with van der Waals surface area (Å²) in [5, 5.41) is 9.09. The van der Waals surface area contributed by atoms with Crippen molar-refractivity contribution in [1.29, 1.82) is 0 Å². The predicted molar refractivity (Wildman–Crippen MR) is 124 cm³/mol. The number of guanidine groups is 1. The van der Waals surface area contributed by atoms with Gasteiger partial charge in [-0.2, -0.15) is 0 Å². The molecule has 166 valence electrons. The number of nitrogens with zero attached hydrogens (tertiary/aromatic N) is 1. The van der Waals surface area contributed by atoms with E-state index in [4.69, 9.17) is 9.47 Å². The number of benzene rings is 1. The average molecular weight is 524 g/mol. The van der Waals surface area contributed by atoms with Gasteiger partial charge in [0.25, 0.3) is 0 Å². The van der Waals surface area contributed by atoms with Crippen molar-refractivity contribution in [3.8, 4) is 0 Å². The van der Waals surface area contributed by atoms with E-state index in [-0.39, 0.29) is 36.4 Å². The van der Waals surface area contributed by atoms with E-state index in [1.807, 2.05) is 27.7 Å². The molecule has 0 saturated carbocycles. The number of rotatable bonds is 9. The van der Waals surface area contributed by atoms with Gasteiger partial charge in [-0.25, -0.2) is 14.2 Å². The molecule has 0 aliphatic heterocycles. The number of methoxy groups -OCH3 is 1. The summed E-state index contributed by atoms with van der Waals surface area (Å²) in [4.78, 5) is 16.1. The van der Waals surface area contributed by atoms with Crippen LogP contribution in [0.3, 0.4) is 0 Å². The molecule has 9 heteroatoms. The molecule has 0 spiro atoms. The molecule has 7 nitrogen and oxygen atoms in total. The van der Waals surface area contributed by atoms with Crippen LogP contribution in [0.2, 0.25) is 0 Å². The molecule has 0 saturated heterocycles. The van der Waals surface area contributed by atoms with Crippen molar-refractivity contribution >= 4 is 36.0 Å². The minimum absolute atomic E-state index is 0. The van der Waals surface area contributed by atoms with Gasteiger partial charge in [-0.15, -0.1) is 24.0 Å². The van der Waals surface area contributed by atoms with Crippen molar-refractivity contribution < 1.29 is 18.7 Å². The van der Waals surface area contributed by atoms with Crippen molar-refractivity contribution in [2.24, 2.45) is 4.99 Å². The van der Waals surface area contributed by atoms with Crippen LogP contribution in [0.5, 0.6) is 0 Å². The highest BCUT2D eigenvalue weighted by Crippen LogP contribution is 2.12. The Morgan fingerprint density at radius 3 is 2.48 bits per heavy atom. The lowest BCUT2D eigenvalue weighted by Crippen LogP contribution is -2.39. The van der Waals surface area contributed by atoms with E-state index in [1.54, 1.807) is 12.1 Å². The Labute approximate surface area is 190 Å². The first-order valence-corrected chi connectivity index (χ1v) is 9.50. The molecule has 0 aliphatic rings. The lowest BCUT2D eigenvalue weighted by molar-refractivity contribution is 0.0527. The second kappa shape index (κ2) is 14.4. The van der Waals surface area contributed by atoms with E-state index in [0.717, 1.165) is 18.5 Å². The first-order valence-electron chi connectivity index (χ1n) is 9.50. The predicted octanol–water partition coefficient (Wildman–Crippen LogP) is 3.56. The van der Waals surface area contributed by atoms with Gasteiger partial charge < -0.3 is 25.4 Å². The van der Waals surface area contributed by atoms with Crippen LogP contribution in [0.4, 0.5) is 9.18 Å². The van der Waals surface area contributed by atoms with E-state index >= 15 is 0 Å². The molecule has 0 radical (unpaired) electrons. The van der Waals surface area contributed by atoms with Crippen LogP contribution in [0, 0.1) is 5.82 Å². The number of carbonyl (C=O) groups is 1. The Kier molecular flexibility index (Phi) is 13.6. The van der Waals surface area contributed by atoms with Crippen LogP contribution in [-0.4, -0.2) is 44.4 Å². The smallest absolute Gasteiger partial charge is 0.407 e. The quantitative estimate of drug-likeness (QED) is 0.199. The maximum absolute atomic E-state index is 13.7. The standard InChI is InChI=1S/C20H33FN4O3.HI/c1-6-22-18(23-10-7-11-24-19(26)28-20(2,3)4)25-13-15-8-9-17(21)16(12-15)14-27-5;/h8-9,12H,6-7,10-11,13-14H2,1-5H3,(H,24,26)(H2,22,23,25);1H. The number of halogens is 2. The topological polar surface area (TPSA) is 84.0 Å². The lowest BCUT2D eigenvalue weighted by Gasteiger charge is -2.19. The average Bonchev–Trinajstić information content (AvgIpc) is 2.60. The van der Waals surface area contributed by atoms with Crippen molar-refractivity contribution in [2.45, 2.75) is 52.9 Å². The molecule has 1 amide bonds. The summed E-state index contributed by atoms with van der Waals surface area (Å²) >= 11 is 0. The van der Waals surface area contributed by atoms with Crippen LogP contribution in [0.25, 0.3) is 0 Å². The van der Waals surface area contributed by atoms with Crippen molar-refractivity contribution in [2.75, 3.05) is 26.7 Å². The van der Waals surface area contributed by atoms with E-state index in [0.29, 0.717) is 31.2 Å². The number of hydrogen-bond acceptors (Lipinski definition) is 4. The fourth-order valence-electron chi connectivity index (χ4n) is 2.30. The van der Waals surface area contributed by atoms with Crippen molar-refractivity contribution in [3.63, 3.8) is 0 Å². The molecular weight excluding hydrogens is 490 g/mol. The van der Waals surface area contributed by atoms with Crippen LogP contribution in [0.15, 0.2) is 23.2 Å². The van der Waals surface area contributed by atoms with Gasteiger partial charge in [0.2, 0.25) is 0 Å². The summed E-state index contributed by atoms with van der Waals surface area (Å²) in [6.07, 6.45) is 0.300. The SMILES string of the molecule is CCNC(=NCc1ccc(F)c(COC)c1)NCCCNC(=O)OC(C)(C)C.I. The first kappa shape index (κ1) is 27.4. The van der Waals surface area contributed by atoms with Crippen LogP contribution in [0.1, 0.15) is 45.2 Å². The Balaban J connectivity index is 0.00000784. The number of alkyl carbamates (subject to hydrolysis) is 1. The van der Waals surface area contributed by atoms with E-state index < -0.39 is 11.7 Å². The first-order chi connectivity index (χ1) is 13.2. The molecule has 0 unspecified atom stereocenters. The molecule has 3 N–H and O–H groups in total. The van der Waals surface area contributed by atoms with E-state index in [1.165, 1.54) is 13.2 Å². The highest BCUT2D eigenvalue weighted by atomic mass is 127. The minimum Gasteiger partial charge on any atom is -0.444 e. The number of amides is 1. The lowest BCUT2D eigenvalue weighted by atomic mass is 10.1. The highest BCUT2D eigenvalue weighted by Gasteiger charge is 2.15. The van der Waals surface area contributed by atoms with Crippen LogP contribution < -0.4 is 16.0 Å². The van der Waals surface area contributed by atoms with E-state index in [2.05, 4.69) is 20.9 Å². The van der Waals surface area contributed by atoms with Gasteiger partial charge in [0.1, 0.15) is 11.4 Å². The highest BCUT2D eigenvalue weighted by molar-refractivity contribution is 14.0. The largest absolute Gasteiger partial charge is 0.444 e. The Hall–Kier alpha value is -1.62. The van der Waals surface area contributed by atoms with Crippen molar-refractivity contribution in [3.05, 3.63) is 35.1 Å². The van der Waals surface area contributed by atoms with Gasteiger partial charge in [0, 0.05) is 32.3 Å². The number of ether oxygens (including phenoxy) is 2. The van der Waals surface area contributed by atoms with Gasteiger partial charge in [-0.05, 0) is 51.8 Å². The van der Waals surface area contributed by atoms with Crippen molar-refractivity contribution in [1.82, 2.24) is 16.0 Å². The second-order valence-corrected chi connectivity index (χ2v) is 7.26. The fraction of sp³-hybridized carbons (Fsp3) is 0.600. The normalized spacial score (nSPS) is 11.4. The maximum Gasteiger partial charge on any atom is 0.407 e. The molecule has 0 aliphatic carbocycles. The van der Waals surface area contributed by atoms with Gasteiger partial charge >= 0.3 is 6.09 Å². The summed E-state index contributed by atoms with van der Waals surface area (Å²) in [6, 6.07) is 4.91. The van der Waals surface area contributed by atoms with Gasteiger partial charge in [0.05, 0.1) is 13.2 Å². The summed E-state index contributed by atoms with van der Waals surface area (Å²) in [5.41, 5.74) is 0.912. The molecule has 1 aromatic carbocycles. The second-order valence-electron chi connectivity index (χ2n) is 7.26. The molecule has 0 atom stereocenters. The van der Waals surface area contributed by atoms with Gasteiger partial charge in [-0.1, -0.05) is 6.07 Å².